The van der Waals surface area contributed by atoms with Crippen molar-refractivity contribution < 1.29 is 14.7 Å². The van der Waals surface area contributed by atoms with Crippen molar-refractivity contribution in [2.45, 2.75) is 6.42 Å². The number of benzene rings is 1. The summed E-state index contributed by atoms with van der Waals surface area (Å²) in [5.74, 6) is -0.397. The van der Waals surface area contributed by atoms with Crippen LogP contribution >= 0.6 is 27.7 Å². The molecule has 0 fully saturated rings. The molecule has 0 heterocycles. The highest BCUT2D eigenvalue weighted by Gasteiger charge is 2.08. The minimum Gasteiger partial charge on any atom is -0.478 e. The summed E-state index contributed by atoms with van der Waals surface area (Å²) in [6, 6.07) is 4.59. The molecule has 0 spiro atoms. The molecule has 0 unspecified atom stereocenters. The molecule has 0 atom stereocenters. The highest BCUT2D eigenvalue weighted by Crippen LogP contribution is 2.20. The van der Waals surface area contributed by atoms with E-state index in [1.165, 1.54) is 12.1 Å². The van der Waals surface area contributed by atoms with Gasteiger partial charge in [0.05, 0.1) is 5.56 Å². The van der Waals surface area contributed by atoms with E-state index in [0.717, 1.165) is 5.75 Å². The van der Waals surface area contributed by atoms with Gasteiger partial charge in [0.2, 0.25) is 5.91 Å². The van der Waals surface area contributed by atoms with Crippen LogP contribution < -0.4 is 5.32 Å². The van der Waals surface area contributed by atoms with Crippen LogP contribution in [-0.4, -0.2) is 29.0 Å². The number of thioether (sulfide) groups is 1. The molecule has 0 aliphatic carbocycles. The van der Waals surface area contributed by atoms with E-state index in [4.69, 9.17) is 5.11 Å². The summed E-state index contributed by atoms with van der Waals surface area (Å²) >= 11 is 4.79. The summed E-state index contributed by atoms with van der Waals surface area (Å²) in [4.78, 5) is 22.3. The Balaban J connectivity index is 2.77. The number of hydrogen-bond donors (Lipinski definition) is 2. The van der Waals surface area contributed by atoms with E-state index in [1.807, 2.05) is 6.26 Å². The molecule has 0 radical (unpaired) electrons. The third kappa shape index (κ3) is 4.79. The van der Waals surface area contributed by atoms with Gasteiger partial charge in [-0.1, -0.05) is 15.9 Å². The molecule has 6 heteroatoms. The topological polar surface area (TPSA) is 66.4 Å². The highest BCUT2D eigenvalue weighted by molar-refractivity contribution is 9.10. The Bertz CT molecular complexity index is 437. The average Bonchev–Trinajstić information content (AvgIpc) is 2.25. The maximum Gasteiger partial charge on any atom is 0.335 e. The molecule has 4 nitrogen and oxygen atoms in total. The van der Waals surface area contributed by atoms with Crippen LogP contribution in [0, 0.1) is 0 Å². The fourth-order valence-corrected chi connectivity index (χ4v) is 2.09. The number of anilines is 1. The number of rotatable bonds is 5. The van der Waals surface area contributed by atoms with Gasteiger partial charge < -0.3 is 10.4 Å². The zero-order chi connectivity index (χ0) is 12.8. The van der Waals surface area contributed by atoms with Crippen LogP contribution in [0.3, 0.4) is 0 Å². The first-order valence-corrected chi connectivity index (χ1v) is 7.04. The molecule has 1 rings (SSSR count). The van der Waals surface area contributed by atoms with Crippen molar-refractivity contribution >= 4 is 45.3 Å². The fourth-order valence-electron chi connectivity index (χ4n) is 1.20. The summed E-state index contributed by atoms with van der Waals surface area (Å²) < 4.78 is 0.623. The number of carboxylic acids is 1. The summed E-state index contributed by atoms with van der Waals surface area (Å²) in [6.45, 7) is 0. The fraction of sp³-hybridized carbons (Fsp3) is 0.273. The van der Waals surface area contributed by atoms with Crippen LogP contribution in [0.1, 0.15) is 16.8 Å². The van der Waals surface area contributed by atoms with E-state index in [1.54, 1.807) is 17.8 Å². The standard InChI is InChI=1S/C11H12BrNO3S/c1-17-3-2-10(14)13-9-5-7(11(15)16)4-8(12)6-9/h4-6H,2-3H2,1H3,(H,13,14)(H,15,16). The molecular weight excluding hydrogens is 306 g/mol. The van der Waals surface area contributed by atoms with Crippen molar-refractivity contribution in [2.24, 2.45) is 0 Å². The van der Waals surface area contributed by atoms with E-state index < -0.39 is 5.97 Å². The Morgan fingerprint density at radius 1 is 1.41 bits per heavy atom. The van der Waals surface area contributed by atoms with Crippen molar-refractivity contribution in [3.63, 3.8) is 0 Å². The van der Waals surface area contributed by atoms with Crippen LogP contribution in [0.15, 0.2) is 22.7 Å². The molecule has 92 valence electrons. The smallest absolute Gasteiger partial charge is 0.335 e. The van der Waals surface area contributed by atoms with Gasteiger partial charge in [-0.3, -0.25) is 4.79 Å². The Kier molecular flexibility index (Phi) is 5.50. The number of carbonyl (C=O) groups is 2. The summed E-state index contributed by atoms with van der Waals surface area (Å²) in [6.07, 6.45) is 2.34. The minimum absolute atomic E-state index is 0.117. The molecule has 17 heavy (non-hydrogen) atoms. The molecule has 1 amide bonds. The first-order valence-electron chi connectivity index (χ1n) is 4.85. The second kappa shape index (κ2) is 6.66. The molecule has 0 bridgehead atoms. The lowest BCUT2D eigenvalue weighted by atomic mass is 10.2. The molecule has 1 aromatic carbocycles. The summed E-state index contributed by atoms with van der Waals surface area (Å²) in [7, 11) is 0. The average molecular weight is 318 g/mol. The molecule has 0 aliphatic heterocycles. The lowest BCUT2D eigenvalue weighted by Crippen LogP contribution is -2.12. The van der Waals surface area contributed by atoms with E-state index in [2.05, 4.69) is 21.2 Å². The summed E-state index contributed by atoms with van der Waals surface area (Å²) in [5, 5.41) is 11.5. The third-order valence-corrected chi connectivity index (χ3v) is 3.03. The zero-order valence-corrected chi connectivity index (χ0v) is 11.6. The number of hydrogen-bond acceptors (Lipinski definition) is 3. The monoisotopic (exact) mass is 317 g/mol. The van der Waals surface area contributed by atoms with Gasteiger partial charge in [-0.15, -0.1) is 0 Å². The van der Waals surface area contributed by atoms with Gasteiger partial charge in [0, 0.05) is 22.3 Å². The van der Waals surface area contributed by atoms with E-state index in [-0.39, 0.29) is 11.5 Å². The van der Waals surface area contributed by atoms with Crippen LogP contribution in [0.25, 0.3) is 0 Å². The molecule has 0 aromatic heterocycles. The molecular formula is C11H12BrNO3S. The number of amides is 1. The molecule has 0 aliphatic rings. The van der Waals surface area contributed by atoms with Gasteiger partial charge in [-0.05, 0) is 24.5 Å². The number of aromatic carboxylic acids is 1. The van der Waals surface area contributed by atoms with Crippen molar-refractivity contribution in [3.8, 4) is 0 Å². The number of nitrogens with one attached hydrogen (secondary N) is 1. The predicted molar refractivity (Wildman–Crippen MR) is 72.7 cm³/mol. The SMILES string of the molecule is CSCCC(=O)Nc1cc(Br)cc(C(=O)O)c1. The van der Waals surface area contributed by atoms with Gasteiger partial charge in [0.1, 0.15) is 0 Å². The van der Waals surface area contributed by atoms with Gasteiger partial charge in [0.15, 0.2) is 0 Å². The Morgan fingerprint density at radius 2 is 2.12 bits per heavy atom. The lowest BCUT2D eigenvalue weighted by molar-refractivity contribution is -0.115. The number of halogens is 1. The van der Waals surface area contributed by atoms with Gasteiger partial charge in [-0.25, -0.2) is 4.79 Å². The minimum atomic E-state index is -1.02. The third-order valence-electron chi connectivity index (χ3n) is 1.96. The van der Waals surface area contributed by atoms with Crippen molar-refractivity contribution in [1.29, 1.82) is 0 Å². The van der Waals surface area contributed by atoms with E-state index in [9.17, 15) is 9.59 Å². The molecule has 2 N–H and O–H groups in total. The van der Waals surface area contributed by atoms with Gasteiger partial charge in [-0.2, -0.15) is 11.8 Å². The molecule has 0 saturated carbocycles. The van der Waals surface area contributed by atoms with Crippen LogP contribution in [0.5, 0.6) is 0 Å². The summed E-state index contributed by atoms with van der Waals surface area (Å²) in [5.41, 5.74) is 0.627. The number of carboxylic acid groups (broad SMARTS) is 1. The first kappa shape index (κ1) is 14.1. The maximum atomic E-state index is 11.5. The van der Waals surface area contributed by atoms with Crippen LogP contribution in [0.4, 0.5) is 5.69 Å². The Morgan fingerprint density at radius 3 is 2.71 bits per heavy atom. The molecule has 0 saturated heterocycles. The largest absolute Gasteiger partial charge is 0.478 e. The quantitative estimate of drug-likeness (QED) is 0.876. The first-order chi connectivity index (χ1) is 8.02. The van der Waals surface area contributed by atoms with E-state index in [0.29, 0.717) is 16.6 Å². The maximum absolute atomic E-state index is 11.5. The highest BCUT2D eigenvalue weighted by atomic mass is 79.9. The second-order valence-corrected chi connectivity index (χ2v) is 5.23. The predicted octanol–water partition coefficient (Wildman–Crippen LogP) is 2.84. The van der Waals surface area contributed by atoms with Gasteiger partial charge >= 0.3 is 5.97 Å². The lowest BCUT2D eigenvalue weighted by Gasteiger charge is -2.06. The van der Waals surface area contributed by atoms with Crippen molar-refractivity contribution in [2.75, 3.05) is 17.3 Å². The zero-order valence-electron chi connectivity index (χ0n) is 9.20. The van der Waals surface area contributed by atoms with Crippen LogP contribution in [-0.2, 0) is 4.79 Å². The Hall–Kier alpha value is -1.01. The number of carbonyl (C=O) groups excluding carboxylic acids is 1. The van der Waals surface area contributed by atoms with Gasteiger partial charge in [0.25, 0.3) is 0 Å². The van der Waals surface area contributed by atoms with Crippen molar-refractivity contribution in [3.05, 3.63) is 28.2 Å². The van der Waals surface area contributed by atoms with Crippen molar-refractivity contribution in [1.82, 2.24) is 0 Å². The van der Waals surface area contributed by atoms with Crippen LogP contribution in [0.2, 0.25) is 0 Å². The normalized spacial score (nSPS) is 10.0. The van der Waals surface area contributed by atoms with E-state index >= 15 is 0 Å². The Labute approximate surface area is 112 Å². The second-order valence-electron chi connectivity index (χ2n) is 3.32. The molecule has 1 aromatic rings.